The first-order chi connectivity index (χ1) is 14.9. The van der Waals surface area contributed by atoms with Crippen LogP contribution in [0, 0.1) is 24.0 Å². The van der Waals surface area contributed by atoms with Gasteiger partial charge in [0.05, 0.1) is 16.7 Å². The zero-order valence-electron chi connectivity index (χ0n) is 16.9. The van der Waals surface area contributed by atoms with Gasteiger partial charge in [-0.15, -0.1) is 0 Å². The second-order valence-electron chi connectivity index (χ2n) is 7.05. The molecular weight excluding hydrogens is 394 g/mol. The fraction of sp³-hybridized carbons (Fsp3) is 0.0870. The zero-order valence-corrected chi connectivity index (χ0v) is 16.9. The van der Waals surface area contributed by atoms with Crippen molar-refractivity contribution in [3.05, 3.63) is 99.5 Å². The molecule has 2 aromatic carbocycles. The quantitative estimate of drug-likeness (QED) is 0.299. The highest BCUT2D eigenvalue weighted by molar-refractivity contribution is 5.95. The highest BCUT2D eigenvalue weighted by Crippen LogP contribution is 2.23. The number of nitro benzene ring substituents is 1. The summed E-state index contributed by atoms with van der Waals surface area (Å²) in [6.07, 6.45) is 3.33. The number of nitrogens with one attached hydrogen (secondary N) is 1. The van der Waals surface area contributed by atoms with Gasteiger partial charge in [0.15, 0.2) is 0 Å². The lowest BCUT2D eigenvalue weighted by Crippen LogP contribution is -2.17. The summed E-state index contributed by atoms with van der Waals surface area (Å²) in [5.74, 6) is -0.518. The molecule has 0 spiro atoms. The number of pyridine rings is 1. The number of hydrogen-bond donors (Lipinski definition) is 1. The molecule has 0 bridgehead atoms. The minimum absolute atomic E-state index is 0.147. The van der Waals surface area contributed by atoms with Crippen molar-refractivity contribution in [1.82, 2.24) is 15.0 Å². The Morgan fingerprint density at radius 2 is 1.97 bits per heavy atom. The third-order valence-corrected chi connectivity index (χ3v) is 5.00. The van der Waals surface area contributed by atoms with Crippen LogP contribution in [-0.2, 0) is 0 Å². The molecule has 0 saturated heterocycles. The van der Waals surface area contributed by atoms with Crippen molar-refractivity contribution in [3.8, 4) is 5.69 Å². The predicted octanol–water partition coefficient (Wildman–Crippen LogP) is 4.31. The molecule has 4 rings (SSSR count). The monoisotopic (exact) mass is 413 g/mol. The maximum atomic E-state index is 12.3. The molecule has 31 heavy (non-hydrogen) atoms. The van der Waals surface area contributed by atoms with Crippen LogP contribution >= 0.6 is 0 Å². The molecule has 0 aliphatic carbocycles. The molecule has 2 heterocycles. The number of carbonyl (C=O) groups excluding carboxylic acids is 1. The number of nitro groups is 1. The molecule has 154 valence electrons. The summed E-state index contributed by atoms with van der Waals surface area (Å²) in [7, 11) is 0. The Labute approximate surface area is 178 Å². The van der Waals surface area contributed by atoms with E-state index in [-0.39, 0.29) is 11.3 Å². The normalized spacial score (nSPS) is 11.2. The van der Waals surface area contributed by atoms with E-state index in [1.54, 1.807) is 12.4 Å². The van der Waals surface area contributed by atoms with E-state index in [4.69, 9.17) is 0 Å². The number of fused-ring (bicyclic) bond motifs is 1. The Kier molecular flexibility index (Phi) is 5.28. The van der Waals surface area contributed by atoms with Crippen LogP contribution in [0.15, 0.2) is 72.0 Å². The van der Waals surface area contributed by atoms with E-state index in [9.17, 15) is 14.9 Å². The van der Waals surface area contributed by atoms with Gasteiger partial charge in [-0.25, -0.2) is 5.43 Å². The van der Waals surface area contributed by atoms with Gasteiger partial charge in [-0.05, 0) is 50.2 Å². The topological polar surface area (TPSA) is 102 Å². The predicted molar refractivity (Wildman–Crippen MR) is 119 cm³/mol. The van der Waals surface area contributed by atoms with E-state index in [1.807, 2.05) is 44.2 Å². The number of carbonyl (C=O) groups is 1. The summed E-state index contributed by atoms with van der Waals surface area (Å²) < 4.78 is 2.11. The Hall–Kier alpha value is -4.33. The number of rotatable bonds is 5. The first kappa shape index (κ1) is 20.0. The van der Waals surface area contributed by atoms with E-state index in [2.05, 4.69) is 26.1 Å². The van der Waals surface area contributed by atoms with E-state index in [1.165, 1.54) is 24.3 Å². The van der Waals surface area contributed by atoms with Crippen LogP contribution in [0.2, 0.25) is 0 Å². The molecule has 0 aliphatic rings. The summed E-state index contributed by atoms with van der Waals surface area (Å²) in [5, 5.41) is 16.0. The van der Waals surface area contributed by atoms with E-state index < -0.39 is 10.8 Å². The van der Waals surface area contributed by atoms with Gasteiger partial charge in [-0.3, -0.25) is 19.9 Å². The molecule has 2 aromatic heterocycles. The van der Waals surface area contributed by atoms with Crippen LogP contribution < -0.4 is 5.43 Å². The number of aryl methyl sites for hydroxylation is 1. The fourth-order valence-corrected chi connectivity index (χ4v) is 3.50. The number of nitrogens with zero attached hydrogens (tertiary/aromatic N) is 4. The van der Waals surface area contributed by atoms with Gasteiger partial charge < -0.3 is 4.57 Å². The summed E-state index contributed by atoms with van der Waals surface area (Å²) in [4.78, 5) is 26.9. The lowest BCUT2D eigenvalue weighted by molar-refractivity contribution is -0.384. The lowest BCUT2D eigenvalue weighted by Gasteiger charge is -2.10. The molecule has 4 aromatic rings. The number of amides is 1. The first-order valence-electron chi connectivity index (χ1n) is 9.56. The summed E-state index contributed by atoms with van der Waals surface area (Å²) in [6, 6.07) is 17.5. The Morgan fingerprint density at radius 3 is 2.77 bits per heavy atom. The summed E-state index contributed by atoms with van der Waals surface area (Å²) in [6.45, 7) is 3.98. The zero-order chi connectivity index (χ0) is 22.0. The summed E-state index contributed by atoms with van der Waals surface area (Å²) >= 11 is 0. The van der Waals surface area contributed by atoms with Crippen molar-refractivity contribution >= 4 is 28.7 Å². The maximum Gasteiger partial charge on any atom is 0.271 e. The largest absolute Gasteiger partial charge is 0.318 e. The highest BCUT2D eigenvalue weighted by Gasteiger charge is 2.12. The Morgan fingerprint density at radius 1 is 1.13 bits per heavy atom. The Balaban J connectivity index is 1.56. The smallest absolute Gasteiger partial charge is 0.271 e. The Bertz CT molecular complexity index is 1340. The average Bonchev–Trinajstić information content (AvgIpc) is 3.06. The van der Waals surface area contributed by atoms with Gasteiger partial charge >= 0.3 is 0 Å². The average molecular weight is 413 g/mol. The van der Waals surface area contributed by atoms with E-state index in [0.29, 0.717) is 0 Å². The molecule has 8 heteroatoms. The van der Waals surface area contributed by atoms with Gasteiger partial charge in [-0.1, -0.05) is 12.1 Å². The second kappa shape index (κ2) is 8.19. The fourth-order valence-electron chi connectivity index (χ4n) is 3.50. The number of aromatic nitrogens is 2. The van der Waals surface area contributed by atoms with Crippen molar-refractivity contribution in [2.45, 2.75) is 13.8 Å². The molecule has 1 amide bonds. The minimum Gasteiger partial charge on any atom is -0.318 e. The van der Waals surface area contributed by atoms with Crippen molar-refractivity contribution in [1.29, 1.82) is 0 Å². The number of hydrazone groups is 1. The molecule has 0 aliphatic heterocycles. The van der Waals surface area contributed by atoms with Crippen LogP contribution in [0.25, 0.3) is 16.6 Å². The van der Waals surface area contributed by atoms with Crippen molar-refractivity contribution < 1.29 is 9.72 Å². The van der Waals surface area contributed by atoms with Crippen LogP contribution in [-0.4, -0.2) is 26.6 Å². The van der Waals surface area contributed by atoms with Crippen LogP contribution in [0.5, 0.6) is 0 Å². The molecule has 1 N–H and O–H groups in total. The molecule has 0 atom stereocenters. The number of non-ortho nitro benzene ring substituents is 1. The van der Waals surface area contributed by atoms with Crippen molar-refractivity contribution in [2.24, 2.45) is 5.10 Å². The SMILES string of the molecule is Cc1cc(/C=N\NC(=O)c2cccc([N+](=O)[O-])c2)c(C)n1-c1ccc2ncccc2c1. The third kappa shape index (κ3) is 4.04. The number of benzene rings is 2. The minimum atomic E-state index is -0.544. The lowest BCUT2D eigenvalue weighted by atomic mass is 10.2. The first-order valence-corrected chi connectivity index (χ1v) is 9.56. The summed E-state index contributed by atoms with van der Waals surface area (Å²) in [5.41, 5.74) is 7.22. The van der Waals surface area contributed by atoms with Crippen LogP contribution in [0.1, 0.15) is 27.3 Å². The second-order valence-corrected chi connectivity index (χ2v) is 7.05. The molecule has 0 unspecified atom stereocenters. The number of hydrogen-bond acceptors (Lipinski definition) is 5. The molecular formula is C23H19N5O3. The van der Waals surface area contributed by atoms with E-state index in [0.717, 1.165) is 33.5 Å². The molecule has 0 saturated carbocycles. The van der Waals surface area contributed by atoms with Crippen LogP contribution in [0.4, 0.5) is 5.69 Å². The van der Waals surface area contributed by atoms with Gasteiger partial charge in [0.25, 0.3) is 11.6 Å². The molecule has 0 fully saturated rings. The van der Waals surface area contributed by atoms with Crippen molar-refractivity contribution in [3.63, 3.8) is 0 Å². The van der Waals surface area contributed by atoms with Crippen LogP contribution in [0.3, 0.4) is 0 Å². The standard InChI is InChI=1S/C23H19N5O3/c1-15-11-19(14-25-26-23(29)18-5-3-7-21(13-18)28(30)31)16(2)27(15)20-8-9-22-17(12-20)6-4-10-24-22/h3-14H,1-2H3,(H,26,29)/b25-14-. The van der Waals surface area contributed by atoms with Gasteiger partial charge in [0.1, 0.15) is 0 Å². The molecule has 8 nitrogen and oxygen atoms in total. The van der Waals surface area contributed by atoms with Crippen molar-refractivity contribution in [2.75, 3.05) is 0 Å². The van der Waals surface area contributed by atoms with Gasteiger partial charge in [0.2, 0.25) is 0 Å². The van der Waals surface area contributed by atoms with Gasteiger partial charge in [0, 0.05) is 51.9 Å². The van der Waals surface area contributed by atoms with Gasteiger partial charge in [-0.2, -0.15) is 5.10 Å². The third-order valence-electron chi connectivity index (χ3n) is 5.00. The molecule has 0 radical (unpaired) electrons. The maximum absolute atomic E-state index is 12.3. The van der Waals surface area contributed by atoms with E-state index >= 15 is 0 Å². The highest BCUT2D eigenvalue weighted by atomic mass is 16.6.